The van der Waals surface area contributed by atoms with Crippen LogP contribution in [0.15, 0.2) is 146 Å². The van der Waals surface area contributed by atoms with E-state index in [0.717, 1.165) is 12.8 Å². The van der Waals surface area contributed by atoms with Crippen LogP contribution in [0.2, 0.25) is 0 Å². The molecule has 0 N–H and O–H groups in total. The third-order valence-electron chi connectivity index (χ3n) is 6.22. The molecule has 0 saturated carbocycles. The first-order valence-electron chi connectivity index (χ1n) is 14.9. The van der Waals surface area contributed by atoms with Gasteiger partial charge in [-0.25, -0.2) is 24.3 Å². The summed E-state index contributed by atoms with van der Waals surface area (Å²) in [6.45, 7) is 8.58. The summed E-state index contributed by atoms with van der Waals surface area (Å²) in [5, 5.41) is 10.8. The van der Waals surface area contributed by atoms with Crippen LogP contribution >= 0.6 is 0 Å². The molecule has 0 atom stereocenters. The summed E-state index contributed by atoms with van der Waals surface area (Å²) in [6, 6.07) is 38.5. The number of hydrogen-bond donors (Lipinski definition) is 0. The van der Waals surface area contributed by atoms with Crippen molar-refractivity contribution in [2.24, 2.45) is 0 Å². The van der Waals surface area contributed by atoms with Crippen molar-refractivity contribution in [3.8, 4) is 0 Å². The topological polar surface area (TPSA) is 0 Å². The van der Waals surface area contributed by atoms with E-state index in [4.69, 9.17) is 0 Å². The molecule has 4 heteroatoms. The minimum Gasteiger partial charge on any atom is -1.00 e. The average Bonchev–Trinajstić information content (AvgIpc) is 3.85. The molecule has 0 aliphatic heterocycles. The van der Waals surface area contributed by atoms with Crippen molar-refractivity contribution in [1.29, 1.82) is 0 Å². The van der Waals surface area contributed by atoms with Crippen LogP contribution in [-0.4, -0.2) is 6.51 Å². The average molecular weight is 940 g/mol. The van der Waals surface area contributed by atoms with Gasteiger partial charge in [0.15, 0.2) is 0 Å². The molecule has 0 aromatic heterocycles. The Bertz CT molecular complexity index is 1630. The number of hydrogen-bond acceptors (Lipinski definition) is 0. The molecule has 6 aromatic carbocycles. The third kappa shape index (κ3) is 14.6. The Morgan fingerprint density at radius 3 is 0.891 bits per heavy atom. The van der Waals surface area contributed by atoms with Crippen molar-refractivity contribution in [2.45, 2.75) is 40.5 Å². The molecule has 0 heterocycles. The predicted molar refractivity (Wildman–Crippen MR) is 190 cm³/mol. The van der Waals surface area contributed by atoms with E-state index in [2.05, 4.69) is 161 Å². The SMILES string of the molecule is C[C](C)=[Hf+2].C[C](C)=[Hf+2].[C-]1=CC=CC1.[C-]1=CC=CC1.[F-].[F-].c1ccc2c(c1)[cH-]c1ccccc12.c1ccc2c(c1)[cH-]c1ccccc12. The van der Waals surface area contributed by atoms with E-state index in [0.29, 0.717) is 0 Å². The number of rotatable bonds is 0. The Morgan fingerprint density at radius 2 is 0.717 bits per heavy atom. The molecule has 46 heavy (non-hydrogen) atoms. The van der Waals surface area contributed by atoms with Crippen LogP contribution in [0.4, 0.5) is 0 Å². The third-order valence-corrected chi connectivity index (χ3v) is 6.22. The van der Waals surface area contributed by atoms with E-state index in [1.807, 2.05) is 24.3 Å². The summed E-state index contributed by atoms with van der Waals surface area (Å²) in [5.74, 6) is 0. The standard InChI is InChI=1S/2C13H9.2C5H5.2C3H6.2FH.2Hf/c2*1-3-7-12-10(5-1)9-11-6-2-4-8-13(11)12;2*1-2-4-5-3-1;2*1-3-2;;;;/h2*1-9H;2*1-3H,4H2;2*1-2H3;2*1H;;/q4*-1;;;;;2*+2/p-2. The molecule has 232 valence electrons. The molecule has 2 aliphatic carbocycles. The number of allylic oxidation sites excluding steroid dienone is 8. The van der Waals surface area contributed by atoms with Crippen LogP contribution in [0.1, 0.15) is 40.5 Å². The van der Waals surface area contributed by atoms with E-state index >= 15 is 0 Å². The van der Waals surface area contributed by atoms with Gasteiger partial charge in [0, 0.05) is 0 Å². The second kappa shape index (κ2) is 23.3. The molecule has 6 aromatic rings. The van der Waals surface area contributed by atoms with Crippen molar-refractivity contribution >= 4 is 49.6 Å². The van der Waals surface area contributed by atoms with Crippen LogP contribution in [0.3, 0.4) is 0 Å². The van der Waals surface area contributed by atoms with Crippen molar-refractivity contribution < 1.29 is 57.2 Å². The van der Waals surface area contributed by atoms with Crippen LogP contribution in [0.25, 0.3) is 43.1 Å². The largest absolute Gasteiger partial charge is 1.00 e. The number of halogens is 2. The summed E-state index contributed by atoms with van der Waals surface area (Å²) >= 11 is 2.53. The molecule has 0 fully saturated rings. The quantitative estimate of drug-likeness (QED) is 0.139. The Morgan fingerprint density at radius 1 is 0.478 bits per heavy atom. The summed E-state index contributed by atoms with van der Waals surface area (Å²) < 4.78 is 3.11. The molecule has 0 spiro atoms. The Balaban J connectivity index is 0.000000298. The summed E-state index contributed by atoms with van der Waals surface area (Å²) in [4.78, 5) is 0. The zero-order valence-corrected chi connectivity index (χ0v) is 34.2. The molecule has 0 amide bonds. The second-order valence-corrected chi connectivity index (χ2v) is 17.8. The summed E-state index contributed by atoms with van der Waals surface area (Å²) in [5.41, 5.74) is 0. The monoisotopic (exact) mass is 942 g/mol. The zero-order chi connectivity index (χ0) is 31.6. The summed E-state index contributed by atoms with van der Waals surface area (Å²) in [7, 11) is 0. The molecule has 0 saturated heterocycles. The number of benzene rings is 4. The molecule has 0 radical (unpaired) electrons. The Kier molecular flexibility index (Phi) is 20.7. The van der Waals surface area contributed by atoms with Gasteiger partial charge in [0.1, 0.15) is 0 Å². The molecular formula is C42H40F2Hf2-2. The minimum absolute atomic E-state index is 0. The van der Waals surface area contributed by atoms with Crippen molar-refractivity contribution in [2.75, 3.05) is 0 Å². The predicted octanol–water partition coefficient (Wildman–Crippen LogP) is 5.53. The molecule has 8 rings (SSSR count). The van der Waals surface area contributed by atoms with Gasteiger partial charge in [0.05, 0.1) is 0 Å². The van der Waals surface area contributed by atoms with Crippen LogP contribution < -0.4 is 9.41 Å². The minimum atomic E-state index is 0. The molecule has 0 bridgehead atoms. The van der Waals surface area contributed by atoms with E-state index < -0.39 is 0 Å². The fourth-order valence-electron chi connectivity index (χ4n) is 4.49. The Hall–Kier alpha value is -3.08. The van der Waals surface area contributed by atoms with Gasteiger partial charge >= 0.3 is 82.0 Å². The van der Waals surface area contributed by atoms with E-state index in [1.54, 1.807) is 6.51 Å². The molecule has 0 unspecified atom stereocenters. The van der Waals surface area contributed by atoms with Gasteiger partial charge in [-0.05, 0) is 0 Å². The second-order valence-electron chi connectivity index (χ2n) is 10.6. The Labute approximate surface area is 302 Å². The van der Waals surface area contributed by atoms with Crippen LogP contribution in [-0.2, 0) is 47.8 Å². The fourth-order valence-corrected chi connectivity index (χ4v) is 4.49. The first-order chi connectivity index (χ1) is 21.4. The smallest absolute Gasteiger partial charge is 0.0771 e. The maximum Gasteiger partial charge on any atom is -0.0771 e. The normalized spacial score (nSPS) is 11.3. The van der Waals surface area contributed by atoms with E-state index in [9.17, 15) is 0 Å². The van der Waals surface area contributed by atoms with E-state index in [-0.39, 0.29) is 9.41 Å². The van der Waals surface area contributed by atoms with Crippen molar-refractivity contribution in [1.82, 2.24) is 0 Å². The van der Waals surface area contributed by atoms with Gasteiger partial charge in [-0.1, -0.05) is 72.8 Å². The van der Waals surface area contributed by atoms with Gasteiger partial charge in [0.25, 0.3) is 0 Å². The maximum absolute atomic E-state index is 2.99. The first-order valence-corrected chi connectivity index (χ1v) is 18.5. The maximum atomic E-state index is 2.99. The van der Waals surface area contributed by atoms with Gasteiger partial charge in [-0.2, -0.15) is 12.2 Å². The molecular weight excluding hydrogens is 899 g/mol. The van der Waals surface area contributed by atoms with Gasteiger partial charge < -0.3 is 9.41 Å². The van der Waals surface area contributed by atoms with Crippen LogP contribution in [0, 0.1) is 12.2 Å². The zero-order valence-electron chi connectivity index (χ0n) is 27.0. The van der Waals surface area contributed by atoms with Crippen LogP contribution in [0.5, 0.6) is 0 Å². The van der Waals surface area contributed by atoms with Gasteiger partial charge in [-0.15, -0.1) is 92.3 Å². The summed E-state index contributed by atoms with van der Waals surface area (Å²) in [6.07, 6.45) is 20.0. The van der Waals surface area contributed by atoms with Crippen molar-refractivity contribution in [3.63, 3.8) is 0 Å². The first kappa shape index (κ1) is 40.9. The molecule has 2 aliphatic rings. The fraction of sp³-hybridized carbons (Fsp3) is 0.143. The van der Waals surface area contributed by atoms with Gasteiger partial charge in [0.2, 0.25) is 0 Å². The molecule has 0 nitrogen and oxygen atoms in total. The van der Waals surface area contributed by atoms with Gasteiger partial charge in [-0.3, -0.25) is 12.2 Å². The van der Waals surface area contributed by atoms with E-state index in [1.165, 1.54) is 90.9 Å². The van der Waals surface area contributed by atoms with Crippen molar-refractivity contribution in [3.05, 3.63) is 158 Å². The number of fused-ring (bicyclic) bond motifs is 6.